The predicted molar refractivity (Wildman–Crippen MR) is 82.8 cm³/mol. The quantitative estimate of drug-likeness (QED) is 0.711. The lowest BCUT2D eigenvalue weighted by Gasteiger charge is -2.18. The van der Waals surface area contributed by atoms with E-state index < -0.39 is 0 Å². The Labute approximate surface area is 117 Å². The molecule has 0 radical (unpaired) electrons. The predicted octanol–water partition coefficient (Wildman–Crippen LogP) is 3.85. The van der Waals surface area contributed by atoms with Gasteiger partial charge in [0.1, 0.15) is 17.5 Å². The summed E-state index contributed by atoms with van der Waals surface area (Å²) < 4.78 is 0. The minimum atomic E-state index is 0.504. The molecule has 0 aliphatic rings. The van der Waals surface area contributed by atoms with Gasteiger partial charge < -0.3 is 10.6 Å². The van der Waals surface area contributed by atoms with Crippen molar-refractivity contribution in [2.45, 2.75) is 65.8 Å². The van der Waals surface area contributed by atoms with Crippen molar-refractivity contribution < 1.29 is 0 Å². The van der Waals surface area contributed by atoms with Gasteiger partial charge in [-0.2, -0.15) is 0 Å². The molecule has 1 rings (SSSR count). The number of nitrogens with zero attached hydrogens (tertiary/aromatic N) is 2. The SMILES string of the molecule is CCCc1nc(NCC)cc(NC(CC)CCC)n1. The molecule has 0 bridgehead atoms. The maximum atomic E-state index is 4.61. The van der Waals surface area contributed by atoms with Gasteiger partial charge in [-0.25, -0.2) is 9.97 Å². The lowest BCUT2D eigenvalue weighted by molar-refractivity contribution is 0.619. The highest BCUT2D eigenvalue weighted by Crippen LogP contribution is 2.15. The molecule has 1 heterocycles. The second kappa shape index (κ2) is 8.73. The molecule has 2 N–H and O–H groups in total. The second-order valence-corrected chi connectivity index (χ2v) is 4.87. The molecule has 0 aromatic carbocycles. The van der Waals surface area contributed by atoms with Crippen LogP contribution in [0.1, 0.15) is 59.2 Å². The number of anilines is 2. The molecule has 1 unspecified atom stereocenters. The molecule has 4 heteroatoms. The van der Waals surface area contributed by atoms with Crippen LogP contribution in [0, 0.1) is 0 Å². The Morgan fingerprint density at radius 3 is 2.37 bits per heavy atom. The topological polar surface area (TPSA) is 49.8 Å². The van der Waals surface area contributed by atoms with Crippen molar-refractivity contribution in [3.63, 3.8) is 0 Å². The van der Waals surface area contributed by atoms with E-state index in [1.807, 2.05) is 6.07 Å². The smallest absolute Gasteiger partial charge is 0.133 e. The van der Waals surface area contributed by atoms with Gasteiger partial charge in [0.25, 0.3) is 0 Å². The number of hydrogen-bond acceptors (Lipinski definition) is 4. The summed E-state index contributed by atoms with van der Waals surface area (Å²) in [5.41, 5.74) is 0. The van der Waals surface area contributed by atoms with Crippen LogP contribution in [0.5, 0.6) is 0 Å². The van der Waals surface area contributed by atoms with E-state index in [1.54, 1.807) is 0 Å². The van der Waals surface area contributed by atoms with Crippen molar-refractivity contribution in [1.29, 1.82) is 0 Å². The minimum Gasteiger partial charge on any atom is -0.370 e. The maximum Gasteiger partial charge on any atom is 0.133 e. The number of aryl methyl sites for hydroxylation is 1. The van der Waals surface area contributed by atoms with Gasteiger partial charge in [-0.1, -0.05) is 27.2 Å². The normalized spacial score (nSPS) is 12.2. The Kier molecular flexibility index (Phi) is 7.23. The monoisotopic (exact) mass is 264 g/mol. The summed E-state index contributed by atoms with van der Waals surface area (Å²) in [5.74, 6) is 2.80. The van der Waals surface area contributed by atoms with Crippen LogP contribution in [-0.4, -0.2) is 22.6 Å². The highest BCUT2D eigenvalue weighted by atomic mass is 15.1. The number of nitrogens with one attached hydrogen (secondary N) is 2. The first-order valence-corrected chi connectivity index (χ1v) is 7.61. The zero-order valence-corrected chi connectivity index (χ0v) is 12.8. The number of aromatic nitrogens is 2. The fourth-order valence-electron chi connectivity index (χ4n) is 2.11. The molecule has 4 nitrogen and oxygen atoms in total. The van der Waals surface area contributed by atoms with Gasteiger partial charge in [-0.3, -0.25) is 0 Å². The third-order valence-corrected chi connectivity index (χ3v) is 3.09. The van der Waals surface area contributed by atoms with E-state index in [4.69, 9.17) is 0 Å². The van der Waals surface area contributed by atoms with Crippen LogP contribution in [0.3, 0.4) is 0 Å². The Hall–Kier alpha value is -1.32. The average molecular weight is 264 g/mol. The Morgan fingerprint density at radius 1 is 1.05 bits per heavy atom. The minimum absolute atomic E-state index is 0.504. The molecule has 0 fully saturated rings. The molecule has 0 amide bonds. The van der Waals surface area contributed by atoms with Gasteiger partial charge in [-0.05, 0) is 26.2 Å². The maximum absolute atomic E-state index is 4.61. The first-order chi connectivity index (χ1) is 9.23. The zero-order valence-electron chi connectivity index (χ0n) is 12.8. The molecule has 0 saturated carbocycles. The van der Waals surface area contributed by atoms with Crippen molar-refractivity contribution in [2.75, 3.05) is 17.2 Å². The summed E-state index contributed by atoms with van der Waals surface area (Å²) >= 11 is 0. The van der Waals surface area contributed by atoms with E-state index in [-0.39, 0.29) is 0 Å². The molecule has 1 aromatic heterocycles. The van der Waals surface area contributed by atoms with Crippen molar-refractivity contribution in [3.8, 4) is 0 Å². The second-order valence-electron chi connectivity index (χ2n) is 4.87. The van der Waals surface area contributed by atoms with Gasteiger partial charge in [-0.15, -0.1) is 0 Å². The van der Waals surface area contributed by atoms with Crippen molar-refractivity contribution >= 4 is 11.6 Å². The van der Waals surface area contributed by atoms with Crippen LogP contribution in [-0.2, 0) is 6.42 Å². The van der Waals surface area contributed by atoms with E-state index in [9.17, 15) is 0 Å². The van der Waals surface area contributed by atoms with Crippen LogP contribution in [0.15, 0.2) is 6.07 Å². The van der Waals surface area contributed by atoms with Gasteiger partial charge in [0.15, 0.2) is 0 Å². The zero-order chi connectivity index (χ0) is 14.1. The lowest BCUT2D eigenvalue weighted by Crippen LogP contribution is -2.19. The van der Waals surface area contributed by atoms with E-state index in [0.29, 0.717) is 6.04 Å². The van der Waals surface area contributed by atoms with Gasteiger partial charge in [0.2, 0.25) is 0 Å². The summed E-state index contributed by atoms with van der Waals surface area (Å²) in [4.78, 5) is 9.14. The third kappa shape index (κ3) is 5.45. The van der Waals surface area contributed by atoms with Crippen molar-refractivity contribution in [3.05, 3.63) is 11.9 Å². The number of hydrogen-bond donors (Lipinski definition) is 2. The van der Waals surface area contributed by atoms with E-state index in [1.165, 1.54) is 12.8 Å². The standard InChI is InChI=1S/C15H28N4/c1-5-9-12(7-3)17-15-11-14(16-8-4)18-13(19-15)10-6-2/h11-12H,5-10H2,1-4H3,(H2,16,17,18,19). The van der Waals surface area contributed by atoms with Gasteiger partial charge in [0, 0.05) is 25.1 Å². The first-order valence-electron chi connectivity index (χ1n) is 7.61. The van der Waals surface area contributed by atoms with Crippen LogP contribution < -0.4 is 10.6 Å². The van der Waals surface area contributed by atoms with E-state index >= 15 is 0 Å². The fraction of sp³-hybridized carbons (Fsp3) is 0.733. The molecule has 0 spiro atoms. The molecule has 19 heavy (non-hydrogen) atoms. The molecular formula is C15H28N4. The van der Waals surface area contributed by atoms with E-state index in [0.717, 1.165) is 43.3 Å². The molecule has 0 saturated heterocycles. The summed E-state index contributed by atoms with van der Waals surface area (Å²) in [6.07, 6.45) is 5.50. The van der Waals surface area contributed by atoms with Gasteiger partial charge >= 0.3 is 0 Å². The Morgan fingerprint density at radius 2 is 1.79 bits per heavy atom. The molecule has 0 aliphatic carbocycles. The summed E-state index contributed by atoms with van der Waals surface area (Å²) in [5, 5.41) is 6.81. The Bertz CT molecular complexity index is 341. The fourth-order valence-corrected chi connectivity index (χ4v) is 2.11. The molecule has 0 aliphatic heterocycles. The van der Waals surface area contributed by atoms with E-state index in [2.05, 4.69) is 48.3 Å². The molecule has 1 aromatic rings. The Balaban J connectivity index is 2.84. The molecule has 1 atom stereocenters. The largest absolute Gasteiger partial charge is 0.370 e. The van der Waals surface area contributed by atoms with Crippen LogP contribution in [0.25, 0.3) is 0 Å². The van der Waals surface area contributed by atoms with Crippen LogP contribution in [0.4, 0.5) is 11.6 Å². The van der Waals surface area contributed by atoms with Crippen molar-refractivity contribution in [2.24, 2.45) is 0 Å². The average Bonchev–Trinajstić information content (AvgIpc) is 2.39. The van der Waals surface area contributed by atoms with Crippen LogP contribution in [0.2, 0.25) is 0 Å². The molecular weight excluding hydrogens is 236 g/mol. The summed E-state index contributed by atoms with van der Waals surface area (Å²) in [7, 11) is 0. The van der Waals surface area contributed by atoms with Crippen molar-refractivity contribution in [1.82, 2.24) is 9.97 Å². The third-order valence-electron chi connectivity index (χ3n) is 3.09. The molecule has 108 valence electrons. The first kappa shape index (κ1) is 15.7. The summed E-state index contributed by atoms with van der Waals surface area (Å²) in [6, 6.07) is 2.52. The highest BCUT2D eigenvalue weighted by Gasteiger charge is 2.08. The lowest BCUT2D eigenvalue weighted by atomic mass is 10.1. The van der Waals surface area contributed by atoms with Gasteiger partial charge in [0.05, 0.1) is 0 Å². The highest BCUT2D eigenvalue weighted by molar-refractivity contribution is 5.48. The van der Waals surface area contributed by atoms with Crippen LogP contribution >= 0.6 is 0 Å². The summed E-state index contributed by atoms with van der Waals surface area (Å²) in [6.45, 7) is 9.56. The number of rotatable bonds is 9.